The second-order valence-corrected chi connectivity index (χ2v) is 9.45. The first-order valence-electron chi connectivity index (χ1n) is 10.3. The third kappa shape index (κ3) is 7.82. The molecule has 0 spiro atoms. The molecule has 9 heteroatoms. The monoisotopic (exact) mass is 469 g/mol. The Morgan fingerprint density at radius 2 is 1.67 bits per heavy atom. The number of amides is 1. The zero-order chi connectivity index (χ0) is 23.9. The smallest absolute Gasteiger partial charge is 0.246 e. The predicted octanol–water partition coefficient (Wildman–Crippen LogP) is 3.22. The zero-order valence-corrected chi connectivity index (χ0v) is 19.2. The first kappa shape index (κ1) is 24.6. The number of nitrogens with two attached hydrogens (primary N) is 1. The molecule has 8 nitrogen and oxygen atoms in total. The van der Waals surface area contributed by atoms with Crippen LogP contribution in [0.25, 0.3) is 11.1 Å². The predicted molar refractivity (Wildman–Crippen MR) is 131 cm³/mol. The Bertz CT molecular complexity index is 1100. The van der Waals surface area contributed by atoms with E-state index in [0.29, 0.717) is 18.0 Å². The number of rotatable bonds is 10. The first-order chi connectivity index (χ1) is 15.6. The molecule has 0 saturated heterocycles. The number of aromatic nitrogens is 1. The van der Waals surface area contributed by atoms with Gasteiger partial charge in [-0.15, -0.1) is 0 Å². The van der Waals surface area contributed by atoms with Crippen LogP contribution in [0.5, 0.6) is 5.75 Å². The maximum Gasteiger partial charge on any atom is 0.246 e. The lowest BCUT2D eigenvalue weighted by Crippen LogP contribution is -2.52. The molecule has 1 heterocycles. The molecule has 0 radical (unpaired) electrons. The maximum atomic E-state index is 12.4. The van der Waals surface area contributed by atoms with Crippen molar-refractivity contribution < 1.29 is 23.8 Å². The highest BCUT2D eigenvalue weighted by atomic mass is 31.2. The van der Waals surface area contributed by atoms with E-state index in [2.05, 4.69) is 40.9 Å². The molecule has 0 unspecified atom stereocenters. The minimum absolute atomic E-state index is 0.381. The van der Waals surface area contributed by atoms with Crippen LogP contribution in [0.15, 0.2) is 73.1 Å². The number of carbonyl (C=O) groups excluding carboxylic acids is 1. The van der Waals surface area contributed by atoms with Gasteiger partial charge < -0.3 is 30.1 Å². The molecule has 33 heavy (non-hydrogen) atoms. The second kappa shape index (κ2) is 10.7. The molecule has 3 rings (SSSR count). The fourth-order valence-corrected chi connectivity index (χ4v) is 3.38. The van der Waals surface area contributed by atoms with Crippen LogP contribution in [-0.2, 0) is 15.7 Å². The molecule has 1 aromatic heterocycles. The lowest BCUT2D eigenvalue weighted by molar-refractivity contribution is -0.121. The Labute approximate surface area is 193 Å². The summed E-state index contributed by atoms with van der Waals surface area (Å²) >= 11 is 0. The van der Waals surface area contributed by atoms with Crippen molar-refractivity contribution in [2.75, 3.05) is 18.5 Å². The molecule has 0 aliphatic heterocycles. The normalized spacial score (nSPS) is 13.2. The highest BCUT2D eigenvalue weighted by Gasteiger charge is 2.30. The van der Waals surface area contributed by atoms with Gasteiger partial charge in [0.15, 0.2) is 0 Å². The lowest BCUT2D eigenvalue weighted by Gasteiger charge is -2.24. The molecule has 2 aromatic carbocycles. The largest absolute Gasteiger partial charge is 0.493 e. The molecule has 174 valence electrons. The highest BCUT2D eigenvalue weighted by Crippen LogP contribution is 2.35. The Morgan fingerprint density at radius 3 is 2.27 bits per heavy atom. The SMILES string of the molecule is C=P(O)(O)OC[C@](C)(N)C(=O)Nc1ccc(OCCc2ccc(-c3ccncc3)cc2)cc1. The van der Waals surface area contributed by atoms with E-state index in [1.165, 1.54) is 12.5 Å². The number of nitrogens with zero attached hydrogens (tertiary/aromatic N) is 1. The number of carbonyl (C=O) groups is 1. The standard InChI is InChI=1S/C24H28N3O5P/c1-24(25,17-32-33(2,29)30)23(28)27-21-7-9-22(10-8-21)31-16-13-18-3-5-19(6-4-18)20-11-14-26-15-12-20/h3-12,14-15,29-30H,2,13,16-17,25H2,1H3,(H,27,28)/t24-/m0/s1. The van der Waals surface area contributed by atoms with Crippen molar-refractivity contribution >= 4 is 25.5 Å². The summed E-state index contributed by atoms with van der Waals surface area (Å²) in [4.78, 5) is 34.8. The molecule has 5 N–H and O–H groups in total. The van der Waals surface area contributed by atoms with Gasteiger partial charge in [-0.1, -0.05) is 24.3 Å². The van der Waals surface area contributed by atoms with E-state index >= 15 is 0 Å². The summed E-state index contributed by atoms with van der Waals surface area (Å²) in [7, 11) is -3.72. The van der Waals surface area contributed by atoms with Gasteiger partial charge in [0.05, 0.1) is 13.2 Å². The number of hydrogen-bond donors (Lipinski definition) is 4. The fraction of sp³-hybridized carbons (Fsp3) is 0.208. The van der Waals surface area contributed by atoms with Gasteiger partial charge in [-0.3, -0.25) is 9.78 Å². The van der Waals surface area contributed by atoms with E-state index in [1.807, 2.05) is 12.1 Å². The van der Waals surface area contributed by atoms with E-state index < -0.39 is 19.0 Å². The van der Waals surface area contributed by atoms with Gasteiger partial charge in [0, 0.05) is 24.5 Å². The average molecular weight is 469 g/mol. The highest BCUT2D eigenvalue weighted by molar-refractivity contribution is 7.57. The van der Waals surface area contributed by atoms with Gasteiger partial charge in [-0.25, -0.2) is 0 Å². The molecule has 0 aliphatic rings. The molecule has 3 aromatic rings. The van der Waals surface area contributed by atoms with Crippen LogP contribution in [0.4, 0.5) is 5.69 Å². The van der Waals surface area contributed by atoms with Crippen molar-refractivity contribution in [3.63, 3.8) is 0 Å². The lowest BCUT2D eigenvalue weighted by atomic mass is 10.0. The van der Waals surface area contributed by atoms with Crippen LogP contribution in [0.2, 0.25) is 0 Å². The van der Waals surface area contributed by atoms with Crippen molar-refractivity contribution in [3.8, 4) is 16.9 Å². The van der Waals surface area contributed by atoms with E-state index in [1.54, 1.807) is 36.7 Å². The van der Waals surface area contributed by atoms with E-state index in [-0.39, 0.29) is 6.61 Å². The van der Waals surface area contributed by atoms with Gasteiger partial charge in [0.1, 0.15) is 11.3 Å². The van der Waals surface area contributed by atoms with Crippen molar-refractivity contribution in [2.24, 2.45) is 5.73 Å². The van der Waals surface area contributed by atoms with Crippen LogP contribution in [-0.4, -0.2) is 45.7 Å². The quantitative estimate of drug-likeness (QED) is 0.336. The summed E-state index contributed by atoms with van der Waals surface area (Å²) < 4.78 is 10.6. The number of hydrogen-bond acceptors (Lipinski definition) is 7. The number of ether oxygens (including phenoxy) is 1. The van der Waals surface area contributed by atoms with Gasteiger partial charge in [-0.2, -0.15) is 0 Å². The van der Waals surface area contributed by atoms with Gasteiger partial charge in [0.25, 0.3) is 0 Å². The molecular formula is C24H28N3O5P. The first-order valence-corrected chi connectivity index (χ1v) is 12.1. The van der Waals surface area contributed by atoms with E-state index in [4.69, 9.17) is 15.0 Å². The molecule has 0 aliphatic carbocycles. The zero-order valence-electron chi connectivity index (χ0n) is 18.3. The Morgan fingerprint density at radius 1 is 1.06 bits per heavy atom. The van der Waals surface area contributed by atoms with Crippen LogP contribution in [0.3, 0.4) is 0 Å². The summed E-state index contributed by atoms with van der Waals surface area (Å²) in [6.07, 6.45) is 7.39. The van der Waals surface area contributed by atoms with E-state index in [9.17, 15) is 14.6 Å². The van der Waals surface area contributed by atoms with E-state index in [0.717, 1.165) is 17.5 Å². The van der Waals surface area contributed by atoms with Crippen LogP contribution < -0.4 is 15.8 Å². The molecule has 1 amide bonds. The Kier molecular flexibility index (Phi) is 8.02. The summed E-state index contributed by atoms with van der Waals surface area (Å²) in [5.41, 5.74) is 8.41. The summed E-state index contributed by atoms with van der Waals surface area (Å²) in [5, 5.41) is 2.67. The van der Waals surface area contributed by atoms with Gasteiger partial charge in [0.2, 0.25) is 13.5 Å². The Hall–Kier alpha value is -3.00. The summed E-state index contributed by atoms with van der Waals surface area (Å²) in [5.74, 6) is 0.146. The molecule has 1 atom stereocenters. The minimum Gasteiger partial charge on any atom is -0.493 e. The maximum absolute atomic E-state index is 12.4. The summed E-state index contributed by atoms with van der Waals surface area (Å²) in [6.45, 7) is 1.56. The number of benzene rings is 2. The third-order valence-corrected chi connectivity index (χ3v) is 5.37. The van der Waals surface area contributed by atoms with Gasteiger partial charge in [-0.05, 0) is 66.3 Å². The topological polar surface area (TPSA) is 127 Å². The average Bonchev–Trinajstić information content (AvgIpc) is 2.79. The van der Waals surface area contributed by atoms with Gasteiger partial charge >= 0.3 is 0 Å². The van der Waals surface area contributed by atoms with Crippen LogP contribution >= 0.6 is 7.57 Å². The van der Waals surface area contributed by atoms with Crippen LogP contribution in [0.1, 0.15) is 12.5 Å². The van der Waals surface area contributed by atoms with Crippen molar-refractivity contribution in [2.45, 2.75) is 18.9 Å². The van der Waals surface area contributed by atoms with Crippen molar-refractivity contribution in [1.29, 1.82) is 0 Å². The summed E-state index contributed by atoms with van der Waals surface area (Å²) in [6, 6.07) is 19.2. The Balaban J connectivity index is 1.47. The number of nitrogens with one attached hydrogen (secondary N) is 1. The third-order valence-electron chi connectivity index (χ3n) is 4.83. The molecule has 0 saturated carbocycles. The van der Waals surface area contributed by atoms with Crippen LogP contribution in [0, 0.1) is 0 Å². The number of pyridine rings is 1. The molecule has 0 fully saturated rings. The van der Waals surface area contributed by atoms with Crippen molar-refractivity contribution in [1.82, 2.24) is 4.98 Å². The fourth-order valence-electron chi connectivity index (χ4n) is 2.91. The van der Waals surface area contributed by atoms with Crippen molar-refractivity contribution in [3.05, 3.63) is 78.6 Å². The number of anilines is 1. The second-order valence-electron chi connectivity index (χ2n) is 7.87. The minimum atomic E-state index is -3.72. The molecular weight excluding hydrogens is 441 g/mol. The molecule has 0 bridgehead atoms.